The highest BCUT2D eigenvalue weighted by Crippen LogP contribution is 2.84. The Hall–Kier alpha value is -0.340. The van der Waals surface area contributed by atoms with Crippen molar-refractivity contribution in [1.29, 1.82) is 0 Å². The van der Waals surface area contributed by atoms with Gasteiger partial charge in [0.15, 0.2) is 0 Å². The molecule has 0 radical (unpaired) electrons. The van der Waals surface area contributed by atoms with Crippen LogP contribution in [0.4, 0.5) is 0 Å². The third-order valence-corrected chi connectivity index (χ3v) is 10.2. The van der Waals surface area contributed by atoms with Gasteiger partial charge in [-0.25, -0.2) is 0 Å². The van der Waals surface area contributed by atoms with Gasteiger partial charge < -0.3 is 10.1 Å². The second kappa shape index (κ2) is 3.75. The maximum Gasteiger partial charge on any atom is 0.0830 e. The van der Waals surface area contributed by atoms with Crippen LogP contribution in [-0.4, -0.2) is 24.3 Å². The number of hydrogen-bond acceptors (Lipinski definition) is 2. The largest absolute Gasteiger partial charge is 0.374 e. The van der Waals surface area contributed by atoms with Gasteiger partial charge in [0.05, 0.1) is 5.60 Å². The number of nitrogens with one attached hydrogen (secondary N) is 1. The molecule has 8 atom stereocenters. The van der Waals surface area contributed by atoms with Crippen LogP contribution in [0.1, 0.15) is 65.2 Å². The van der Waals surface area contributed by atoms with Gasteiger partial charge in [0.1, 0.15) is 0 Å². The van der Waals surface area contributed by atoms with E-state index in [0.717, 1.165) is 18.6 Å². The van der Waals surface area contributed by atoms with Gasteiger partial charge in [0.2, 0.25) is 0 Å². The molecule has 126 valence electrons. The summed E-state index contributed by atoms with van der Waals surface area (Å²) >= 11 is 0. The van der Waals surface area contributed by atoms with E-state index in [1.165, 1.54) is 56.9 Å². The Labute approximate surface area is 140 Å². The Kier molecular flexibility index (Phi) is 2.26. The molecule has 7 fully saturated rings. The van der Waals surface area contributed by atoms with E-state index >= 15 is 0 Å². The summed E-state index contributed by atoms with van der Waals surface area (Å²) in [6, 6.07) is 1.36. The van der Waals surface area contributed by atoms with E-state index in [9.17, 15) is 0 Å². The lowest BCUT2D eigenvalue weighted by Crippen LogP contribution is -2.85. The Balaban J connectivity index is 1.66. The first-order chi connectivity index (χ1) is 11.0. The molecule has 6 bridgehead atoms. The first-order valence-electron chi connectivity index (χ1n) is 10.1. The van der Waals surface area contributed by atoms with Crippen LogP contribution in [-0.2, 0) is 4.74 Å². The van der Waals surface area contributed by atoms with Crippen molar-refractivity contribution in [1.82, 2.24) is 5.32 Å². The molecule has 0 aromatic rings. The minimum absolute atomic E-state index is 0.205. The van der Waals surface area contributed by atoms with E-state index in [1.54, 1.807) is 0 Å². The summed E-state index contributed by atoms with van der Waals surface area (Å²) in [6.07, 6.45) is 11.1. The van der Waals surface area contributed by atoms with Crippen LogP contribution in [0, 0.1) is 28.1 Å². The predicted molar refractivity (Wildman–Crippen MR) is 91.1 cm³/mol. The summed E-state index contributed by atoms with van der Waals surface area (Å²) in [5.41, 5.74) is 2.97. The first-order valence-corrected chi connectivity index (χ1v) is 10.1. The van der Waals surface area contributed by atoms with Gasteiger partial charge in [-0.3, -0.25) is 0 Å². The van der Waals surface area contributed by atoms with Gasteiger partial charge in [-0.1, -0.05) is 19.1 Å². The molecular formula is C21H31NO. The summed E-state index contributed by atoms with van der Waals surface area (Å²) in [5.74, 6) is 1.57. The fraction of sp³-hybridized carbons (Fsp3) is 0.905. The van der Waals surface area contributed by atoms with Crippen molar-refractivity contribution in [2.45, 2.75) is 82.9 Å². The Morgan fingerprint density at radius 3 is 2.78 bits per heavy atom. The smallest absolute Gasteiger partial charge is 0.0830 e. The first kappa shape index (κ1) is 13.9. The van der Waals surface area contributed by atoms with Crippen LogP contribution in [0.25, 0.3) is 0 Å². The Bertz CT molecular complexity index is 611. The fourth-order valence-corrected chi connectivity index (χ4v) is 9.72. The second-order valence-corrected chi connectivity index (χ2v) is 10.1. The zero-order chi connectivity index (χ0) is 15.7. The van der Waals surface area contributed by atoms with Crippen LogP contribution in [0.2, 0.25) is 0 Å². The Morgan fingerprint density at radius 2 is 1.96 bits per heavy atom. The molecule has 0 unspecified atom stereocenters. The summed E-state index contributed by atoms with van der Waals surface area (Å²) in [4.78, 5) is 0. The molecule has 2 heteroatoms. The van der Waals surface area contributed by atoms with Crippen LogP contribution < -0.4 is 5.32 Å². The maximum absolute atomic E-state index is 6.87. The van der Waals surface area contributed by atoms with E-state index < -0.39 is 0 Å². The molecule has 0 aromatic heterocycles. The molecular weight excluding hydrogens is 282 g/mol. The van der Waals surface area contributed by atoms with Crippen molar-refractivity contribution in [3.05, 3.63) is 12.2 Å². The average Bonchev–Trinajstić information content (AvgIpc) is 3.16. The van der Waals surface area contributed by atoms with Crippen molar-refractivity contribution in [3.63, 3.8) is 0 Å². The highest BCUT2D eigenvalue weighted by molar-refractivity contribution is 5.39. The molecule has 4 saturated carbocycles. The van der Waals surface area contributed by atoms with Gasteiger partial charge in [-0.2, -0.15) is 0 Å². The van der Waals surface area contributed by atoms with Crippen LogP contribution in [0.3, 0.4) is 0 Å². The topological polar surface area (TPSA) is 21.3 Å². The normalized spacial score (nSPS) is 64.8. The Morgan fingerprint density at radius 1 is 1.09 bits per heavy atom. The van der Waals surface area contributed by atoms with Crippen LogP contribution in [0.5, 0.6) is 0 Å². The van der Waals surface area contributed by atoms with Crippen molar-refractivity contribution >= 4 is 0 Å². The molecule has 0 amide bonds. The zero-order valence-electron chi connectivity index (χ0n) is 14.8. The molecule has 3 aliphatic heterocycles. The second-order valence-electron chi connectivity index (χ2n) is 10.1. The lowest BCUT2D eigenvalue weighted by Gasteiger charge is -2.76. The van der Waals surface area contributed by atoms with E-state index in [0.29, 0.717) is 28.2 Å². The fourth-order valence-electron chi connectivity index (χ4n) is 9.72. The number of piperidine rings is 2. The molecule has 3 saturated heterocycles. The maximum atomic E-state index is 6.87. The molecule has 0 aromatic carbocycles. The summed E-state index contributed by atoms with van der Waals surface area (Å²) in [6.45, 7) is 10.4. The van der Waals surface area contributed by atoms with Gasteiger partial charge >= 0.3 is 0 Å². The summed E-state index contributed by atoms with van der Waals surface area (Å²) < 4.78 is 6.87. The van der Waals surface area contributed by atoms with Gasteiger partial charge in [0.25, 0.3) is 0 Å². The predicted octanol–water partition coefficient (Wildman–Crippen LogP) is 4.06. The van der Waals surface area contributed by atoms with Gasteiger partial charge in [0, 0.05) is 29.5 Å². The van der Waals surface area contributed by atoms with Crippen LogP contribution in [0.15, 0.2) is 12.2 Å². The molecule has 2 nitrogen and oxygen atoms in total. The highest BCUT2D eigenvalue weighted by Gasteiger charge is 2.87. The molecule has 3 heterocycles. The summed E-state index contributed by atoms with van der Waals surface area (Å²) in [5, 5.41) is 4.28. The lowest BCUT2D eigenvalue weighted by molar-refractivity contribution is -0.290. The number of ether oxygens (including phenoxy) is 1. The zero-order valence-corrected chi connectivity index (χ0v) is 14.8. The van der Waals surface area contributed by atoms with Crippen molar-refractivity contribution in [2.75, 3.05) is 6.61 Å². The minimum Gasteiger partial charge on any atom is -0.374 e. The van der Waals surface area contributed by atoms with E-state index in [2.05, 4.69) is 25.7 Å². The van der Waals surface area contributed by atoms with E-state index in [1.807, 2.05) is 0 Å². The van der Waals surface area contributed by atoms with Crippen molar-refractivity contribution in [3.8, 4) is 0 Å². The monoisotopic (exact) mass is 313 g/mol. The molecule has 1 N–H and O–H groups in total. The molecule has 3 spiro atoms. The molecule has 7 rings (SSSR count). The standard InChI is InChI=1S/C21H31NO/c1-13(2)14-5-9-18(3)15-6-10-19-7-4-8-21(19)20(18,11-12-23-21)16(14)22-17(15)19/h14-17,22H,1,4-12H2,2-3H3/t14-,15-,16-,17-,18+,19+,20+,21+/m1/s1. The molecule has 4 aliphatic carbocycles. The quantitative estimate of drug-likeness (QED) is 0.737. The van der Waals surface area contributed by atoms with E-state index in [4.69, 9.17) is 4.74 Å². The molecule has 23 heavy (non-hydrogen) atoms. The summed E-state index contributed by atoms with van der Waals surface area (Å²) in [7, 11) is 0. The molecule has 7 aliphatic rings. The number of rotatable bonds is 1. The average molecular weight is 313 g/mol. The van der Waals surface area contributed by atoms with E-state index in [-0.39, 0.29) is 5.60 Å². The SMILES string of the molecule is C=C(C)[C@H]1CC[C@@]2(C)[C@@H]3CC[C@]45CCC[C@]46OCC[C@@]62[C@@H]1N[C@H]35. The third-order valence-electron chi connectivity index (χ3n) is 10.2. The van der Waals surface area contributed by atoms with Crippen molar-refractivity contribution in [2.24, 2.45) is 28.1 Å². The van der Waals surface area contributed by atoms with Gasteiger partial charge in [-0.05, 0) is 75.5 Å². The van der Waals surface area contributed by atoms with Crippen LogP contribution >= 0.6 is 0 Å². The minimum atomic E-state index is 0.205. The number of hydrogen-bond donors (Lipinski definition) is 1. The lowest BCUT2D eigenvalue weighted by atomic mass is 9.33. The highest BCUT2D eigenvalue weighted by atomic mass is 16.5. The van der Waals surface area contributed by atoms with Crippen molar-refractivity contribution < 1.29 is 4.74 Å². The third kappa shape index (κ3) is 1.07. The van der Waals surface area contributed by atoms with Gasteiger partial charge in [-0.15, -0.1) is 0 Å².